The molecule has 1 aromatic carbocycles. The Bertz CT molecular complexity index is 940. The van der Waals surface area contributed by atoms with Gasteiger partial charge in [0.1, 0.15) is 17.4 Å². The Morgan fingerprint density at radius 3 is 2.50 bits per heavy atom. The van der Waals surface area contributed by atoms with Crippen molar-refractivity contribution in [2.45, 2.75) is 25.2 Å². The summed E-state index contributed by atoms with van der Waals surface area (Å²) in [6.07, 6.45) is 7.18. The first-order valence-electron chi connectivity index (χ1n) is 8.38. The molecule has 0 unspecified atom stereocenters. The molecule has 132 valence electrons. The molecule has 0 saturated heterocycles. The molecule has 0 amide bonds. The summed E-state index contributed by atoms with van der Waals surface area (Å²) >= 11 is 0. The van der Waals surface area contributed by atoms with Gasteiger partial charge in [-0.15, -0.1) is 0 Å². The molecular formula is C20H18FN3O2. The fourth-order valence-electron chi connectivity index (χ4n) is 2.77. The smallest absolute Gasteiger partial charge is 0.227 e. The number of hydrogen-bond acceptors (Lipinski definition) is 5. The van der Waals surface area contributed by atoms with Crippen molar-refractivity contribution in [3.8, 4) is 28.5 Å². The van der Waals surface area contributed by atoms with Gasteiger partial charge in [-0.25, -0.2) is 19.3 Å². The second-order valence-electron chi connectivity index (χ2n) is 6.61. The Morgan fingerprint density at radius 2 is 1.81 bits per heavy atom. The Hall–Kier alpha value is -3.02. The van der Waals surface area contributed by atoms with E-state index in [0.29, 0.717) is 28.5 Å². The molecule has 3 aromatic rings. The zero-order valence-corrected chi connectivity index (χ0v) is 14.6. The summed E-state index contributed by atoms with van der Waals surface area (Å²) in [5, 5.41) is 0. The molecule has 0 spiro atoms. The summed E-state index contributed by atoms with van der Waals surface area (Å²) in [6, 6.07) is 7.99. The van der Waals surface area contributed by atoms with Crippen LogP contribution in [0.25, 0.3) is 11.1 Å². The van der Waals surface area contributed by atoms with Gasteiger partial charge in [-0.05, 0) is 37.1 Å². The van der Waals surface area contributed by atoms with Gasteiger partial charge >= 0.3 is 0 Å². The summed E-state index contributed by atoms with van der Waals surface area (Å²) in [4.78, 5) is 13.1. The van der Waals surface area contributed by atoms with Gasteiger partial charge in [0.05, 0.1) is 19.5 Å². The molecule has 1 fully saturated rings. The molecule has 2 aromatic heterocycles. The Morgan fingerprint density at radius 1 is 1.04 bits per heavy atom. The van der Waals surface area contributed by atoms with E-state index in [9.17, 15) is 4.39 Å². The fraction of sp³-hybridized carbons (Fsp3) is 0.250. The highest BCUT2D eigenvalue weighted by atomic mass is 19.1. The molecule has 0 aliphatic heterocycles. The van der Waals surface area contributed by atoms with Gasteiger partial charge in [0.15, 0.2) is 5.75 Å². The number of rotatable bonds is 5. The van der Waals surface area contributed by atoms with Crippen LogP contribution in [-0.2, 0) is 5.41 Å². The number of nitrogens with zero attached hydrogens (tertiary/aromatic N) is 3. The summed E-state index contributed by atoms with van der Waals surface area (Å²) in [7, 11) is 1.50. The van der Waals surface area contributed by atoms with E-state index in [1.165, 1.54) is 19.2 Å². The van der Waals surface area contributed by atoms with Crippen molar-refractivity contribution in [3.05, 3.63) is 60.6 Å². The Labute approximate surface area is 150 Å². The van der Waals surface area contributed by atoms with Crippen LogP contribution in [-0.4, -0.2) is 22.1 Å². The predicted molar refractivity (Wildman–Crippen MR) is 94.9 cm³/mol. The average Bonchev–Trinajstić information content (AvgIpc) is 3.41. The molecule has 4 rings (SSSR count). The number of hydrogen-bond donors (Lipinski definition) is 0. The van der Waals surface area contributed by atoms with E-state index in [1.807, 2.05) is 6.07 Å². The minimum Gasteiger partial charge on any atom is -0.496 e. The minimum atomic E-state index is -0.366. The van der Waals surface area contributed by atoms with Crippen molar-refractivity contribution >= 4 is 0 Å². The number of pyridine rings is 1. The number of aromatic nitrogens is 3. The molecule has 2 heterocycles. The highest BCUT2D eigenvalue weighted by molar-refractivity contribution is 5.74. The van der Waals surface area contributed by atoms with Crippen LogP contribution in [0, 0.1) is 5.82 Å². The van der Waals surface area contributed by atoms with Gasteiger partial charge in [-0.3, -0.25) is 0 Å². The fourth-order valence-corrected chi connectivity index (χ4v) is 2.77. The van der Waals surface area contributed by atoms with Gasteiger partial charge < -0.3 is 9.47 Å². The molecule has 0 bridgehead atoms. The van der Waals surface area contributed by atoms with Crippen molar-refractivity contribution in [2.24, 2.45) is 0 Å². The molecular weight excluding hydrogens is 333 g/mol. The first-order chi connectivity index (χ1) is 12.6. The molecule has 1 saturated carbocycles. The zero-order chi connectivity index (χ0) is 18.1. The lowest BCUT2D eigenvalue weighted by Crippen LogP contribution is -2.06. The number of ether oxygens (including phenoxy) is 2. The third kappa shape index (κ3) is 3.10. The SMILES string of the molecule is COc1cc(F)ccc1-c1cccnc1Oc1cnc(C2(C)CC2)nc1. The van der Waals surface area contributed by atoms with Crippen molar-refractivity contribution < 1.29 is 13.9 Å². The lowest BCUT2D eigenvalue weighted by molar-refractivity contribution is 0.412. The van der Waals surface area contributed by atoms with Gasteiger partial charge in [0.2, 0.25) is 5.88 Å². The molecule has 6 heteroatoms. The van der Waals surface area contributed by atoms with E-state index < -0.39 is 0 Å². The largest absolute Gasteiger partial charge is 0.496 e. The Balaban J connectivity index is 1.66. The third-order valence-electron chi connectivity index (χ3n) is 4.61. The van der Waals surface area contributed by atoms with E-state index in [4.69, 9.17) is 9.47 Å². The maximum atomic E-state index is 13.5. The summed E-state index contributed by atoms with van der Waals surface area (Å²) < 4.78 is 24.7. The molecule has 26 heavy (non-hydrogen) atoms. The Kier molecular flexibility index (Phi) is 4.03. The van der Waals surface area contributed by atoms with E-state index >= 15 is 0 Å². The first-order valence-corrected chi connectivity index (χ1v) is 8.38. The third-order valence-corrected chi connectivity index (χ3v) is 4.61. The topological polar surface area (TPSA) is 57.1 Å². The second-order valence-corrected chi connectivity index (χ2v) is 6.61. The number of benzene rings is 1. The zero-order valence-electron chi connectivity index (χ0n) is 14.6. The van der Waals surface area contributed by atoms with Crippen LogP contribution in [0.15, 0.2) is 48.9 Å². The quantitative estimate of drug-likeness (QED) is 0.676. The molecule has 1 aliphatic rings. The normalized spacial score (nSPS) is 14.7. The van der Waals surface area contributed by atoms with Crippen LogP contribution in [0.3, 0.4) is 0 Å². The standard InChI is InChI=1S/C20H18FN3O2/c1-20(7-8-20)19-23-11-14(12-24-19)26-18-16(4-3-9-22-18)15-6-5-13(21)10-17(15)25-2/h3-6,9-12H,7-8H2,1-2H3. The predicted octanol–water partition coefficient (Wildman–Crippen LogP) is 4.53. The van der Waals surface area contributed by atoms with Crippen LogP contribution < -0.4 is 9.47 Å². The van der Waals surface area contributed by atoms with Crippen LogP contribution in [0.4, 0.5) is 4.39 Å². The van der Waals surface area contributed by atoms with E-state index in [-0.39, 0.29) is 11.2 Å². The highest BCUT2D eigenvalue weighted by Crippen LogP contribution is 2.46. The first kappa shape index (κ1) is 16.4. The molecule has 1 aliphatic carbocycles. The summed E-state index contributed by atoms with van der Waals surface area (Å²) in [5.41, 5.74) is 1.50. The summed E-state index contributed by atoms with van der Waals surface area (Å²) in [5.74, 6) is 1.77. The molecule has 0 atom stereocenters. The minimum absolute atomic E-state index is 0.107. The van der Waals surface area contributed by atoms with Crippen molar-refractivity contribution in [3.63, 3.8) is 0 Å². The van der Waals surface area contributed by atoms with Gasteiger partial charge in [0, 0.05) is 28.8 Å². The monoisotopic (exact) mass is 351 g/mol. The lowest BCUT2D eigenvalue weighted by atomic mass is 10.1. The number of halogens is 1. The van der Waals surface area contributed by atoms with E-state index in [1.54, 1.807) is 30.7 Å². The van der Waals surface area contributed by atoms with Crippen molar-refractivity contribution in [1.29, 1.82) is 0 Å². The lowest BCUT2D eigenvalue weighted by Gasteiger charge is -2.13. The van der Waals surface area contributed by atoms with E-state index in [0.717, 1.165) is 18.7 Å². The molecule has 0 N–H and O–H groups in total. The van der Waals surface area contributed by atoms with Gasteiger partial charge in [-0.2, -0.15) is 0 Å². The maximum absolute atomic E-state index is 13.5. The van der Waals surface area contributed by atoms with Gasteiger partial charge in [-0.1, -0.05) is 6.92 Å². The molecule has 5 nitrogen and oxygen atoms in total. The second kappa shape index (κ2) is 6.37. The van der Waals surface area contributed by atoms with Crippen molar-refractivity contribution in [1.82, 2.24) is 15.0 Å². The van der Waals surface area contributed by atoms with Crippen molar-refractivity contribution in [2.75, 3.05) is 7.11 Å². The van der Waals surface area contributed by atoms with Gasteiger partial charge in [0.25, 0.3) is 0 Å². The maximum Gasteiger partial charge on any atom is 0.227 e. The molecule has 0 radical (unpaired) electrons. The van der Waals surface area contributed by atoms with Crippen LogP contribution in [0.5, 0.6) is 17.4 Å². The number of methoxy groups -OCH3 is 1. The highest BCUT2D eigenvalue weighted by Gasteiger charge is 2.41. The summed E-state index contributed by atoms with van der Waals surface area (Å²) in [6.45, 7) is 2.15. The van der Waals surface area contributed by atoms with Crippen LogP contribution in [0.2, 0.25) is 0 Å². The van der Waals surface area contributed by atoms with E-state index in [2.05, 4.69) is 21.9 Å². The van der Waals surface area contributed by atoms with Crippen LogP contribution in [0.1, 0.15) is 25.6 Å². The average molecular weight is 351 g/mol. The van der Waals surface area contributed by atoms with Crippen LogP contribution >= 0.6 is 0 Å².